The highest BCUT2D eigenvalue weighted by Crippen LogP contribution is 2.12. The van der Waals surface area contributed by atoms with Crippen molar-refractivity contribution in [3.05, 3.63) is 29.8 Å². The Hall–Kier alpha value is -2.02. The van der Waals surface area contributed by atoms with Crippen LogP contribution in [0.15, 0.2) is 24.3 Å². The number of benzene rings is 1. The minimum atomic E-state index is -0.190. The summed E-state index contributed by atoms with van der Waals surface area (Å²) in [5, 5.41) is 14.4. The summed E-state index contributed by atoms with van der Waals surface area (Å²) < 4.78 is 0. The molecule has 0 saturated heterocycles. The Morgan fingerprint density at radius 2 is 2.00 bits per heavy atom. The fourth-order valence-electron chi connectivity index (χ4n) is 1.98. The molecule has 0 aliphatic rings. The Bertz CT molecular complexity index is 448. The Morgan fingerprint density at radius 3 is 2.55 bits per heavy atom. The van der Waals surface area contributed by atoms with E-state index in [1.165, 1.54) is 12.8 Å². The molecule has 0 saturated carbocycles. The van der Waals surface area contributed by atoms with Gasteiger partial charge in [-0.3, -0.25) is 0 Å². The Balaban J connectivity index is 2.37. The lowest BCUT2D eigenvalue weighted by molar-refractivity contribution is 0.249. The number of carbonyl (C=O) groups is 1. The highest BCUT2D eigenvalue weighted by Gasteiger charge is 2.08. The summed E-state index contributed by atoms with van der Waals surface area (Å²) in [6.07, 6.45) is 4.63. The van der Waals surface area contributed by atoms with E-state index in [9.17, 15) is 4.79 Å². The first kappa shape index (κ1) is 16.0. The average molecular weight is 273 g/mol. The van der Waals surface area contributed by atoms with Gasteiger partial charge in [0.2, 0.25) is 0 Å². The van der Waals surface area contributed by atoms with Crippen LogP contribution in [-0.2, 0) is 0 Å². The first-order valence-electron chi connectivity index (χ1n) is 7.24. The fraction of sp³-hybridized carbons (Fsp3) is 0.500. The maximum atomic E-state index is 11.8. The predicted molar refractivity (Wildman–Crippen MR) is 81.5 cm³/mol. The van der Waals surface area contributed by atoms with Crippen molar-refractivity contribution < 1.29 is 4.79 Å². The lowest BCUT2D eigenvalue weighted by atomic mass is 9.99. The predicted octanol–water partition coefficient (Wildman–Crippen LogP) is 3.90. The van der Waals surface area contributed by atoms with Gasteiger partial charge in [0, 0.05) is 12.2 Å². The quantitative estimate of drug-likeness (QED) is 0.791. The molecular weight excluding hydrogens is 250 g/mol. The smallest absolute Gasteiger partial charge is 0.319 e. The second-order valence-electron chi connectivity index (χ2n) is 4.94. The number of rotatable bonds is 7. The normalized spacial score (nSPS) is 11.4. The number of amides is 2. The zero-order chi connectivity index (χ0) is 14.8. The lowest BCUT2D eigenvalue weighted by Crippen LogP contribution is -2.33. The topological polar surface area (TPSA) is 64.9 Å². The molecule has 0 fully saturated rings. The molecule has 1 atom stereocenters. The molecule has 0 bridgehead atoms. The summed E-state index contributed by atoms with van der Waals surface area (Å²) in [6, 6.07) is 8.69. The number of hydrogen-bond donors (Lipinski definition) is 2. The van der Waals surface area contributed by atoms with E-state index in [2.05, 4.69) is 24.5 Å². The maximum absolute atomic E-state index is 11.8. The molecule has 0 spiro atoms. The second-order valence-corrected chi connectivity index (χ2v) is 4.94. The summed E-state index contributed by atoms with van der Waals surface area (Å²) in [5.41, 5.74) is 1.28. The van der Waals surface area contributed by atoms with Gasteiger partial charge in [0.15, 0.2) is 0 Å². The van der Waals surface area contributed by atoms with Gasteiger partial charge in [-0.25, -0.2) is 4.79 Å². The van der Waals surface area contributed by atoms with Crippen molar-refractivity contribution in [1.82, 2.24) is 5.32 Å². The third kappa shape index (κ3) is 5.75. The number of carbonyl (C=O) groups excluding carboxylic acids is 1. The number of nitrogens with zero attached hydrogens (tertiary/aromatic N) is 1. The summed E-state index contributed by atoms with van der Waals surface area (Å²) in [6.45, 7) is 5.04. The van der Waals surface area contributed by atoms with Crippen molar-refractivity contribution >= 4 is 11.7 Å². The van der Waals surface area contributed by atoms with Gasteiger partial charge in [0.05, 0.1) is 11.6 Å². The van der Waals surface area contributed by atoms with E-state index < -0.39 is 0 Å². The van der Waals surface area contributed by atoms with Crippen molar-refractivity contribution in [3.63, 3.8) is 0 Å². The van der Waals surface area contributed by atoms with E-state index in [1.807, 2.05) is 6.07 Å². The number of nitriles is 1. The van der Waals surface area contributed by atoms with Crippen molar-refractivity contribution in [2.75, 3.05) is 11.9 Å². The molecule has 1 unspecified atom stereocenters. The molecule has 0 aromatic heterocycles. The molecule has 1 rings (SSSR count). The van der Waals surface area contributed by atoms with E-state index in [-0.39, 0.29) is 6.03 Å². The van der Waals surface area contributed by atoms with Crippen LogP contribution in [-0.4, -0.2) is 12.6 Å². The van der Waals surface area contributed by atoms with E-state index in [0.717, 1.165) is 12.8 Å². The SMILES string of the molecule is CCCCC(CC)CNC(=O)Nc1ccc(C#N)cc1. The minimum Gasteiger partial charge on any atom is -0.338 e. The number of urea groups is 1. The standard InChI is InChI=1S/C16H23N3O/c1-3-5-6-13(4-2)12-18-16(20)19-15-9-7-14(11-17)8-10-15/h7-10,13H,3-6,12H2,1-2H3,(H2,18,19,20). The number of anilines is 1. The molecule has 2 amide bonds. The molecule has 20 heavy (non-hydrogen) atoms. The lowest BCUT2D eigenvalue weighted by Gasteiger charge is -2.15. The molecule has 1 aromatic carbocycles. The molecule has 4 heteroatoms. The fourth-order valence-corrected chi connectivity index (χ4v) is 1.98. The monoisotopic (exact) mass is 273 g/mol. The summed E-state index contributed by atoms with van der Waals surface area (Å²) in [5.74, 6) is 0.543. The van der Waals surface area contributed by atoms with Crippen LogP contribution in [0.25, 0.3) is 0 Å². The van der Waals surface area contributed by atoms with Crippen LogP contribution < -0.4 is 10.6 Å². The van der Waals surface area contributed by atoms with Crippen molar-refractivity contribution in [2.24, 2.45) is 5.92 Å². The van der Waals surface area contributed by atoms with E-state index in [0.29, 0.717) is 23.7 Å². The largest absolute Gasteiger partial charge is 0.338 e. The molecule has 0 aliphatic heterocycles. The zero-order valence-electron chi connectivity index (χ0n) is 12.3. The molecule has 4 nitrogen and oxygen atoms in total. The van der Waals surface area contributed by atoms with Gasteiger partial charge in [-0.15, -0.1) is 0 Å². The van der Waals surface area contributed by atoms with Crippen molar-refractivity contribution in [3.8, 4) is 6.07 Å². The molecule has 0 heterocycles. The summed E-state index contributed by atoms with van der Waals surface area (Å²) in [4.78, 5) is 11.8. The molecule has 108 valence electrons. The van der Waals surface area contributed by atoms with Gasteiger partial charge >= 0.3 is 6.03 Å². The highest BCUT2D eigenvalue weighted by atomic mass is 16.2. The van der Waals surface area contributed by atoms with Crippen LogP contribution >= 0.6 is 0 Å². The van der Waals surface area contributed by atoms with E-state index in [1.54, 1.807) is 24.3 Å². The molecular formula is C16H23N3O. The van der Waals surface area contributed by atoms with Gasteiger partial charge in [-0.2, -0.15) is 5.26 Å². The van der Waals surface area contributed by atoms with Crippen LogP contribution in [0.5, 0.6) is 0 Å². The van der Waals surface area contributed by atoms with Crippen LogP contribution in [0.3, 0.4) is 0 Å². The second kappa shape index (κ2) is 8.98. The van der Waals surface area contributed by atoms with Gasteiger partial charge in [-0.05, 0) is 36.6 Å². The molecule has 2 N–H and O–H groups in total. The highest BCUT2D eigenvalue weighted by molar-refractivity contribution is 5.89. The van der Waals surface area contributed by atoms with Crippen molar-refractivity contribution in [1.29, 1.82) is 5.26 Å². The first-order chi connectivity index (χ1) is 9.69. The van der Waals surface area contributed by atoms with E-state index >= 15 is 0 Å². The van der Waals surface area contributed by atoms with Crippen LogP contribution in [0, 0.1) is 17.2 Å². The minimum absolute atomic E-state index is 0.190. The van der Waals surface area contributed by atoms with Crippen LogP contribution in [0.1, 0.15) is 45.1 Å². The number of unbranched alkanes of at least 4 members (excludes halogenated alkanes) is 1. The van der Waals surface area contributed by atoms with E-state index in [4.69, 9.17) is 5.26 Å². The summed E-state index contributed by atoms with van der Waals surface area (Å²) >= 11 is 0. The van der Waals surface area contributed by atoms with Gasteiger partial charge in [-0.1, -0.05) is 33.1 Å². The van der Waals surface area contributed by atoms with Crippen LogP contribution in [0.4, 0.5) is 10.5 Å². The number of nitrogens with one attached hydrogen (secondary N) is 2. The number of hydrogen-bond acceptors (Lipinski definition) is 2. The maximum Gasteiger partial charge on any atom is 0.319 e. The van der Waals surface area contributed by atoms with Crippen molar-refractivity contribution in [2.45, 2.75) is 39.5 Å². The summed E-state index contributed by atoms with van der Waals surface area (Å²) in [7, 11) is 0. The van der Waals surface area contributed by atoms with Gasteiger partial charge in [0.25, 0.3) is 0 Å². The Labute approximate surface area is 121 Å². The van der Waals surface area contributed by atoms with Gasteiger partial charge < -0.3 is 10.6 Å². The molecule has 0 radical (unpaired) electrons. The Morgan fingerprint density at radius 1 is 1.30 bits per heavy atom. The molecule has 1 aromatic rings. The Kier molecular flexibility index (Phi) is 7.20. The average Bonchev–Trinajstić information content (AvgIpc) is 2.48. The first-order valence-corrected chi connectivity index (χ1v) is 7.24. The third-order valence-electron chi connectivity index (χ3n) is 3.37. The molecule has 0 aliphatic carbocycles. The third-order valence-corrected chi connectivity index (χ3v) is 3.37. The van der Waals surface area contributed by atoms with Crippen LogP contribution in [0.2, 0.25) is 0 Å². The zero-order valence-corrected chi connectivity index (χ0v) is 12.3. The van der Waals surface area contributed by atoms with Gasteiger partial charge in [0.1, 0.15) is 0 Å².